The number of aromatic nitrogens is 2. The van der Waals surface area contributed by atoms with Gasteiger partial charge in [0, 0.05) is 17.6 Å². The second kappa shape index (κ2) is 5.62. The number of carbonyl (C=O) groups excluding carboxylic acids is 1. The molecule has 1 fully saturated rings. The predicted molar refractivity (Wildman–Crippen MR) is 89.9 cm³/mol. The van der Waals surface area contributed by atoms with Gasteiger partial charge >= 0.3 is 0 Å². The second-order valence-corrected chi connectivity index (χ2v) is 6.52. The lowest BCUT2D eigenvalue weighted by atomic mass is 9.93. The SMILES string of the molecule is O=C(NC1CCC1)c1cnc2scc(-c3ccccc3)n2c1=O. The number of hydrogen-bond donors (Lipinski definition) is 1. The molecule has 2 aromatic heterocycles. The molecule has 0 unspecified atom stereocenters. The zero-order chi connectivity index (χ0) is 15.8. The molecule has 1 amide bonds. The van der Waals surface area contributed by atoms with Crippen molar-refractivity contribution in [2.45, 2.75) is 25.3 Å². The van der Waals surface area contributed by atoms with Crippen molar-refractivity contribution in [3.05, 3.63) is 57.8 Å². The average Bonchev–Trinajstić information content (AvgIpc) is 2.97. The van der Waals surface area contributed by atoms with Crippen molar-refractivity contribution in [1.82, 2.24) is 14.7 Å². The molecular weight excluding hydrogens is 310 g/mol. The summed E-state index contributed by atoms with van der Waals surface area (Å²) >= 11 is 1.39. The number of nitrogens with one attached hydrogen (secondary N) is 1. The summed E-state index contributed by atoms with van der Waals surface area (Å²) in [5, 5.41) is 4.80. The van der Waals surface area contributed by atoms with Gasteiger partial charge in [-0.25, -0.2) is 4.98 Å². The van der Waals surface area contributed by atoms with Crippen molar-refractivity contribution in [2.24, 2.45) is 0 Å². The van der Waals surface area contributed by atoms with Crippen molar-refractivity contribution in [1.29, 1.82) is 0 Å². The lowest BCUT2D eigenvalue weighted by Crippen LogP contribution is -2.41. The van der Waals surface area contributed by atoms with Crippen LogP contribution >= 0.6 is 11.3 Å². The highest BCUT2D eigenvalue weighted by Crippen LogP contribution is 2.23. The van der Waals surface area contributed by atoms with Gasteiger partial charge in [-0.2, -0.15) is 0 Å². The number of carbonyl (C=O) groups is 1. The molecular formula is C17H15N3O2S. The van der Waals surface area contributed by atoms with E-state index in [1.165, 1.54) is 21.9 Å². The van der Waals surface area contributed by atoms with Crippen molar-refractivity contribution in [3.8, 4) is 11.3 Å². The van der Waals surface area contributed by atoms with E-state index in [1.54, 1.807) is 0 Å². The predicted octanol–water partition coefficient (Wildman–Crippen LogP) is 2.71. The van der Waals surface area contributed by atoms with Crippen molar-refractivity contribution >= 4 is 22.2 Å². The van der Waals surface area contributed by atoms with E-state index in [-0.39, 0.29) is 23.1 Å². The molecule has 4 rings (SSSR count). The number of nitrogens with zero attached hydrogens (tertiary/aromatic N) is 2. The van der Waals surface area contributed by atoms with Crippen LogP contribution in [0.25, 0.3) is 16.2 Å². The number of benzene rings is 1. The molecule has 0 spiro atoms. The second-order valence-electron chi connectivity index (χ2n) is 5.68. The van der Waals surface area contributed by atoms with Gasteiger partial charge in [0.25, 0.3) is 11.5 Å². The molecule has 0 radical (unpaired) electrons. The quantitative estimate of drug-likeness (QED) is 0.805. The molecule has 5 nitrogen and oxygen atoms in total. The smallest absolute Gasteiger partial charge is 0.271 e. The van der Waals surface area contributed by atoms with Crippen LogP contribution in [0.1, 0.15) is 29.6 Å². The minimum Gasteiger partial charge on any atom is -0.349 e. The molecule has 1 saturated carbocycles. The standard InChI is InChI=1S/C17H15N3O2S/c21-15(19-12-7-4-8-12)13-9-18-17-20(16(13)22)14(10-23-17)11-5-2-1-3-6-11/h1-3,5-6,9-10,12H,4,7-8H2,(H,19,21). The Hall–Kier alpha value is -2.47. The molecule has 1 aliphatic carbocycles. The Kier molecular flexibility index (Phi) is 3.46. The number of thiazole rings is 1. The van der Waals surface area contributed by atoms with Gasteiger partial charge in [0.2, 0.25) is 0 Å². The van der Waals surface area contributed by atoms with Crippen LogP contribution < -0.4 is 10.9 Å². The first kappa shape index (κ1) is 14.1. The van der Waals surface area contributed by atoms with Crippen LogP contribution in [0.3, 0.4) is 0 Å². The topological polar surface area (TPSA) is 63.5 Å². The van der Waals surface area contributed by atoms with E-state index in [1.807, 2.05) is 35.7 Å². The Morgan fingerprint density at radius 2 is 2.04 bits per heavy atom. The first-order valence-electron chi connectivity index (χ1n) is 7.59. The Morgan fingerprint density at radius 3 is 2.74 bits per heavy atom. The van der Waals surface area contributed by atoms with Crippen molar-refractivity contribution in [2.75, 3.05) is 0 Å². The third kappa shape index (κ3) is 2.45. The molecule has 1 aliphatic rings. The molecule has 116 valence electrons. The molecule has 0 aliphatic heterocycles. The molecule has 0 bridgehead atoms. The first-order valence-corrected chi connectivity index (χ1v) is 8.47. The normalized spacial score (nSPS) is 14.6. The molecule has 0 atom stereocenters. The third-order valence-electron chi connectivity index (χ3n) is 4.20. The number of fused-ring (bicyclic) bond motifs is 1. The monoisotopic (exact) mass is 325 g/mol. The average molecular weight is 325 g/mol. The lowest BCUT2D eigenvalue weighted by Gasteiger charge is -2.26. The molecule has 23 heavy (non-hydrogen) atoms. The molecule has 0 saturated heterocycles. The Balaban J connectivity index is 1.80. The zero-order valence-corrected chi connectivity index (χ0v) is 13.2. The molecule has 2 heterocycles. The van der Waals surface area contributed by atoms with Crippen LogP contribution in [0.5, 0.6) is 0 Å². The maximum absolute atomic E-state index is 12.8. The van der Waals surface area contributed by atoms with Crippen LogP contribution in [0, 0.1) is 0 Å². The van der Waals surface area contributed by atoms with E-state index in [9.17, 15) is 9.59 Å². The highest BCUT2D eigenvalue weighted by Gasteiger charge is 2.23. The van der Waals surface area contributed by atoms with Gasteiger partial charge < -0.3 is 5.32 Å². The molecule has 3 aromatic rings. The van der Waals surface area contributed by atoms with E-state index < -0.39 is 0 Å². The van der Waals surface area contributed by atoms with Gasteiger partial charge in [-0.3, -0.25) is 14.0 Å². The van der Waals surface area contributed by atoms with Crippen LogP contribution in [0.4, 0.5) is 0 Å². The maximum Gasteiger partial charge on any atom is 0.271 e. The molecule has 1 aromatic carbocycles. The van der Waals surface area contributed by atoms with Gasteiger partial charge in [0.1, 0.15) is 5.56 Å². The number of hydrogen-bond acceptors (Lipinski definition) is 4. The van der Waals surface area contributed by atoms with Crippen molar-refractivity contribution < 1.29 is 4.79 Å². The largest absolute Gasteiger partial charge is 0.349 e. The van der Waals surface area contributed by atoms with E-state index in [0.29, 0.717) is 4.96 Å². The van der Waals surface area contributed by atoms with Gasteiger partial charge in [-0.15, -0.1) is 11.3 Å². The fourth-order valence-electron chi connectivity index (χ4n) is 2.67. The Labute approximate surface area is 136 Å². The summed E-state index contributed by atoms with van der Waals surface area (Å²) in [4.78, 5) is 30.0. The van der Waals surface area contributed by atoms with Gasteiger partial charge in [0.15, 0.2) is 4.96 Å². The number of rotatable bonds is 3. The number of amides is 1. The summed E-state index contributed by atoms with van der Waals surface area (Å²) in [5.41, 5.74) is 1.48. The van der Waals surface area contributed by atoms with Crippen molar-refractivity contribution in [3.63, 3.8) is 0 Å². The van der Waals surface area contributed by atoms with E-state index >= 15 is 0 Å². The van der Waals surface area contributed by atoms with Crippen LogP contribution in [-0.4, -0.2) is 21.3 Å². The molecule has 1 N–H and O–H groups in total. The minimum atomic E-state index is -0.327. The molecule has 6 heteroatoms. The highest BCUT2D eigenvalue weighted by molar-refractivity contribution is 7.15. The van der Waals surface area contributed by atoms with Crippen LogP contribution in [0.2, 0.25) is 0 Å². The minimum absolute atomic E-state index is 0.102. The first-order chi connectivity index (χ1) is 11.2. The fraction of sp³-hybridized carbons (Fsp3) is 0.235. The maximum atomic E-state index is 12.8. The van der Waals surface area contributed by atoms with Gasteiger partial charge in [-0.05, 0) is 24.8 Å². The third-order valence-corrected chi connectivity index (χ3v) is 5.04. The van der Waals surface area contributed by atoms with Crippen LogP contribution in [0.15, 0.2) is 46.7 Å². The Morgan fingerprint density at radius 1 is 1.26 bits per heavy atom. The van der Waals surface area contributed by atoms with E-state index in [4.69, 9.17) is 0 Å². The summed E-state index contributed by atoms with van der Waals surface area (Å²) < 4.78 is 1.52. The Bertz CT molecular complexity index is 926. The van der Waals surface area contributed by atoms with E-state index in [0.717, 1.165) is 30.5 Å². The van der Waals surface area contributed by atoms with E-state index in [2.05, 4.69) is 10.3 Å². The summed E-state index contributed by atoms with van der Waals surface area (Å²) in [6, 6.07) is 9.84. The summed E-state index contributed by atoms with van der Waals surface area (Å²) in [7, 11) is 0. The summed E-state index contributed by atoms with van der Waals surface area (Å²) in [6.07, 6.45) is 4.48. The van der Waals surface area contributed by atoms with Gasteiger partial charge in [-0.1, -0.05) is 30.3 Å². The highest BCUT2D eigenvalue weighted by atomic mass is 32.1. The van der Waals surface area contributed by atoms with Gasteiger partial charge in [0.05, 0.1) is 5.69 Å². The summed E-state index contributed by atoms with van der Waals surface area (Å²) in [5.74, 6) is -0.327. The lowest BCUT2D eigenvalue weighted by molar-refractivity contribution is 0.0915. The van der Waals surface area contributed by atoms with Crippen LogP contribution in [-0.2, 0) is 0 Å². The summed E-state index contributed by atoms with van der Waals surface area (Å²) in [6.45, 7) is 0. The zero-order valence-electron chi connectivity index (χ0n) is 12.4. The fourth-order valence-corrected chi connectivity index (χ4v) is 3.53.